The molecule has 0 aliphatic heterocycles. The molecule has 1 aliphatic carbocycles. The number of ketones is 1. The number of hydrogen-bond donors (Lipinski definition) is 0. The summed E-state index contributed by atoms with van der Waals surface area (Å²) in [6, 6.07) is 5.63. The minimum absolute atomic E-state index is 0.180. The van der Waals surface area contributed by atoms with Gasteiger partial charge in [-0.1, -0.05) is 43.5 Å². The highest BCUT2D eigenvalue weighted by molar-refractivity contribution is 6.32. The second-order valence-electron chi connectivity index (χ2n) is 4.17. The van der Waals surface area contributed by atoms with E-state index in [0.29, 0.717) is 5.78 Å². The maximum atomic E-state index is 12.0. The van der Waals surface area contributed by atoms with Gasteiger partial charge in [-0.2, -0.15) is 0 Å². The number of unbranched alkanes of at least 4 members (excludes halogenated alkanes) is 1. The average Bonchev–Trinajstić information content (AvgIpc) is 2.55. The fraction of sp³-hybridized carbons (Fsp3) is 0.462. The van der Waals surface area contributed by atoms with Crippen LogP contribution in [0, 0.1) is 5.92 Å². The van der Waals surface area contributed by atoms with E-state index in [9.17, 15) is 4.79 Å². The standard InChI is InChI=1S/C13H15ClO/c1-2-3-5-9-8-11-10(13(9)15)6-4-7-12(11)14/h4,6-7,9H,2-3,5,8H2,1H3/t9-/m1/s1. The molecule has 0 aromatic heterocycles. The van der Waals surface area contributed by atoms with Crippen LogP contribution < -0.4 is 0 Å². The molecular weight excluding hydrogens is 208 g/mol. The molecule has 1 aliphatic rings. The topological polar surface area (TPSA) is 17.1 Å². The van der Waals surface area contributed by atoms with E-state index in [1.165, 1.54) is 0 Å². The third kappa shape index (κ3) is 1.93. The quantitative estimate of drug-likeness (QED) is 0.759. The van der Waals surface area contributed by atoms with Gasteiger partial charge in [-0.15, -0.1) is 0 Å². The second-order valence-corrected chi connectivity index (χ2v) is 4.58. The Morgan fingerprint density at radius 1 is 1.47 bits per heavy atom. The minimum Gasteiger partial charge on any atom is -0.294 e. The first-order chi connectivity index (χ1) is 7.24. The van der Waals surface area contributed by atoms with Gasteiger partial charge in [0.1, 0.15) is 0 Å². The molecule has 0 heterocycles. The van der Waals surface area contributed by atoms with E-state index in [2.05, 4.69) is 6.92 Å². The summed E-state index contributed by atoms with van der Waals surface area (Å²) in [5.41, 5.74) is 1.91. The highest BCUT2D eigenvalue weighted by Crippen LogP contribution is 2.34. The lowest BCUT2D eigenvalue weighted by Gasteiger charge is -2.05. The summed E-state index contributed by atoms with van der Waals surface area (Å²) in [4.78, 5) is 12.0. The normalized spacial score (nSPS) is 19.3. The Balaban J connectivity index is 2.22. The van der Waals surface area contributed by atoms with Gasteiger partial charge in [0, 0.05) is 16.5 Å². The number of Topliss-reactive ketones (excluding diaryl/α,β-unsaturated/α-hetero) is 1. The van der Waals surface area contributed by atoms with E-state index < -0.39 is 0 Å². The molecule has 1 aromatic carbocycles. The summed E-state index contributed by atoms with van der Waals surface area (Å²) >= 11 is 6.08. The molecule has 0 N–H and O–H groups in total. The summed E-state index contributed by atoms with van der Waals surface area (Å²) in [5.74, 6) is 0.473. The molecule has 2 heteroatoms. The molecule has 1 atom stereocenters. The van der Waals surface area contributed by atoms with Crippen molar-refractivity contribution in [2.24, 2.45) is 5.92 Å². The Bertz CT molecular complexity index is 384. The molecule has 80 valence electrons. The molecule has 2 rings (SSSR count). The van der Waals surface area contributed by atoms with Crippen LogP contribution >= 0.6 is 11.6 Å². The van der Waals surface area contributed by atoms with Gasteiger partial charge in [0.15, 0.2) is 5.78 Å². The number of fused-ring (bicyclic) bond motifs is 1. The van der Waals surface area contributed by atoms with Crippen LogP contribution in [0.15, 0.2) is 18.2 Å². The number of benzene rings is 1. The van der Waals surface area contributed by atoms with Gasteiger partial charge in [-0.25, -0.2) is 0 Å². The molecule has 0 unspecified atom stereocenters. The highest BCUT2D eigenvalue weighted by Gasteiger charge is 2.30. The van der Waals surface area contributed by atoms with Crippen LogP contribution in [0.2, 0.25) is 5.02 Å². The van der Waals surface area contributed by atoms with Gasteiger partial charge in [0.2, 0.25) is 0 Å². The van der Waals surface area contributed by atoms with Crippen molar-refractivity contribution in [2.45, 2.75) is 32.6 Å². The molecule has 0 fully saturated rings. The third-order valence-electron chi connectivity index (χ3n) is 3.11. The molecule has 0 saturated carbocycles. The Hall–Kier alpha value is -0.820. The smallest absolute Gasteiger partial charge is 0.166 e. The van der Waals surface area contributed by atoms with Crippen molar-refractivity contribution in [2.75, 3.05) is 0 Å². The summed E-state index contributed by atoms with van der Waals surface area (Å²) in [7, 11) is 0. The maximum absolute atomic E-state index is 12.0. The summed E-state index contributed by atoms with van der Waals surface area (Å²) < 4.78 is 0. The van der Waals surface area contributed by atoms with Crippen LogP contribution in [-0.4, -0.2) is 5.78 Å². The molecule has 0 saturated heterocycles. The first-order valence-electron chi connectivity index (χ1n) is 5.55. The van der Waals surface area contributed by atoms with Crippen LogP contribution in [0.3, 0.4) is 0 Å². The van der Waals surface area contributed by atoms with Crippen molar-refractivity contribution in [3.05, 3.63) is 34.3 Å². The Morgan fingerprint density at radius 3 is 2.93 bits per heavy atom. The fourth-order valence-corrected chi connectivity index (χ4v) is 2.49. The summed E-state index contributed by atoms with van der Waals surface area (Å²) in [5, 5.41) is 0.750. The summed E-state index contributed by atoms with van der Waals surface area (Å²) in [6.07, 6.45) is 4.12. The van der Waals surface area contributed by atoms with Crippen molar-refractivity contribution in [3.8, 4) is 0 Å². The minimum atomic E-state index is 0.180. The van der Waals surface area contributed by atoms with Crippen molar-refractivity contribution >= 4 is 17.4 Å². The molecule has 1 nitrogen and oxygen atoms in total. The first kappa shape index (κ1) is 10.7. The van der Waals surface area contributed by atoms with E-state index in [0.717, 1.165) is 41.8 Å². The predicted molar refractivity (Wildman–Crippen MR) is 62.5 cm³/mol. The van der Waals surface area contributed by atoms with Crippen molar-refractivity contribution in [1.29, 1.82) is 0 Å². The number of hydrogen-bond acceptors (Lipinski definition) is 1. The van der Waals surface area contributed by atoms with Gasteiger partial charge in [-0.3, -0.25) is 4.79 Å². The van der Waals surface area contributed by atoms with Crippen LogP contribution in [0.4, 0.5) is 0 Å². The van der Waals surface area contributed by atoms with E-state index in [1.807, 2.05) is 18.2 Å². The number of rotatable bonds is 3. The SMILES string of the molecule is CCCC[C@@H]1Cc2c(Cl)cccc2C1=O. The van der Waals surface area contributed by atoms with Gasteiger partial charge in [-0.05, 0) is 24.5 Å². The molecular formula is C13H15ClO. The molecule has 0 amide bonds. The van der Waals surface area contributed by atoms with Crippen LogP contribution in [0.5, 0.6) is 0 Å². The lowest BCUT2D eigenvalue weighted by Crippen LogP contribution is -2.08. The fourth-order valence-electron chi connectivity index (χ4n) is 2.24. The van der Waals surface area contributed by atoms with Gasteiger partial charge in [0.05, 0.1) is 0 Å². The monoisotopic (exact) mass is 222 g/mol. The summed E-state index contributed by atoms with van der Waals surface area (Å²) in [6.45, 7) is 2.15. The number of halogens is 1. The van der Waals surface area contributed by atoms with Crippen molar-refractivity contribution in [1.82, 2.24) is 0 Å². The van der Waals surface area contributed by atoms with Crippen LogP contribution in [0.1, 0.15) is 42.1 Å². The van der Waals surface area contributed by atoms with Gasteiger partial charge in [0.25, 0.3) is 0 Å². The Labute approximate surface area is 95.4 Å². The lowest BCUT2D eigenvalue weighted by molar-refractivity contribution is 0.0929. The Morgan fingerprint density at radius 2 is 2.27 bits per heavy atom. The van der Waals surface area contributed by atoms with E-state index in [-0.39, 0.29) is 5.92 Å². The average molecular weight is 223 g/mol. The molecule has 0 bridgehead atoms. The van der Waals surface area contributed by atoms with Crippen molar-refractivity contribution in [3.63, 3.8) is 0 Å². The van der Waals surface area contributed by atoms with E-state index >= 15 is 0 Å². The maximum Gasteiger partial charge on any atom is 0.166 e. The molecule has 0 spiro atoms. The Kier molecular flexibility index (Phi) is 3.11. The third-order valence-corrected chi connectivity index (χ3v) is 3.47. The van der Waals surface area contributed by atoms with Crippen molar-refractivity contribution < 1.29 is 4.79 Å². The van der Waals surface area contributed by atoms with Crippen LogP contribution in [-0.2, 0) is 6.42 Å². The molecule has 1 aromatic rings. The van der Waals surface area contributed by atoms with E-state index in [1.54, 1.807) is 0 Å². The first-order valence-corrected chi connectivity index (χ1v) is 5.93. The largest absolute Gasteiger partial charge is 0.294 e. The number of carbonyl (C=O) groups is 1. The molecule has 0 radical (unpaired) electrons. The highest BCUT2D eigenvalue weighted by atomic mass is 35.5. The second kappa shape index (κ2) is 4.36. The molecule has 15 heavy (non-hydrogen) atoms. The van der Waals surface area contributed by atoms with Gasteiger partial charge < -0.3 is 0 Å². The van der Waals surface area contributed by atoms with Crippen LogP contribution in [0.25, 0.3) is 0 Å². The number of carbonyl (C=O) groups excluding carboxylic acids is 1. The zero-order valence-corrected chi connectivity index (χ0v) is 9.68. The predicted octanol–water partition coefficient (Wildman–Crippen LogP) is 3.89. The zero-order chi connectivity index (χ0) is 10.8. The van der Waals surface area contributed by atoms with Gasteiger partial charge >= 0.3 is 0 Å². The van der Waals surface area contributed by atoms with E-state index in [4.69, 9.17) is 11.6 Å². The zero-order valence-electron chi connectivity index (χ0n) is 8.92. The lowest BCUT2D eigenvalue weighted by atomic mass is 9.98.